The number of hydrogen-bond acceptors (Lipinski definition) is 2. The van der Waals surface area contributed by atoms with Crippen molar-refractivity contribution in [2.24, 2.45) is 0 Å². The number of carboxylic acids is 1. The van der Waals surface area contributed by atoms with Crippen LogP contribution in [0.1, 0.15) is 30.4 Å². The van der Waals surface area contributed by atoms with Crippen molar-refractivity contribution in [3.63, 3.8) is 0 Å². The molecule has 0 saturated heterocycles. The molecule has 0 spiro atoms. The Balaban J connectivity index is 2.27. The Morgan fingerprint density at radius 2 is 2.12 bits per heavy atom. The third-order valence-corrected chi connectivity index (χ3v) is 3.21. The first-order valence-corrected chi connectivity index (χ1v) is 5.67. The lowest BCUT2D eigenvalue weighted by Crippen LogP contribution is -2.43. The van der Waals surface area contributed by atoms with Gasteiger partial charge in [-0.1, -0.05) is 24.3 Å². The Hall–Kier alpha value is -1.84. The number of hydrogen-bond donors (Lipinski definition) is 2. The van der Waals surface area contributed by atoms with E-state index in [0.717, 1.165) is 18.4 Å². The molecule has 1 aliphatic rings. The van der Waals surface area contributed by atoms with Crippen molar-refractivity contribution in [2.45, 2.75) is 31.7 Å². The molecule has 1 amide bonds. The van der Waals surface area contributed by atoms with Gasteiger partial charge in [-0.05, 0) is 24.0 Å². The molecule has 1 aromatic carbocycles. The summed E-state index contributed by atoms with van der Waals surface area (Å²) in [6.45, 7) is 1.34. The molecule has 0 radical (unpaired) electrons. The van der Waals surface area contributed by atoms with Crippen LogP contribution >= 0.6 is 0 Å². The van der Waals surface area contributed by atoms with Crippen molar-refractivity contribution in [1.29, 1.82) is 0 Å². The van der Waals surface area contributed by atoms with E-state index in [2.05, 4.69) is 5.32 Å². The van der Waals surface area contributed by atoms with Crippen molar-refractivity contribution in [3.05, 3.63) is 35.4 Å². The first kappa shape index (κ1) is 11.6. The van der Waals surface area contributed by atoms with Crippen LogP contribution in [0.25, 0.3) is 0 Å². The van der Waals surface area contributed by atoms with Gasteiger partial charge in [0, 0.05) is 12.8 Å². The quantitative estimate of drug-likeness (QED) is 0.827. The number of carbonyl (C=O) groups excluding carboxylic acids is 1. The second kappa shape index (κ2) is 4.57. The Labute approximate surface area is 99.6 Å². The second-order valence-electron chi connectivity index (χ2n) is 4.36. The number of aryl methyl sites for hydroxylation is 1. The third-order valence-electron chi connectivity index (χ3n) is 3.21. The topological polar surface area (TPSA) is 66.4 Å². The summed E-state index contributed by atoms with van der Waals surface area (Å²) in [7, 11) is 0. The number of amides is 1. The number of fused-ring (bicyclic) bond motifs is 1. The van der Waals surface area contributed by atoms with Crippen LogP contribution in [-0.4, -0.2) is 23.0 Å². The standard InChI is InChI=1S/C13H15NO3/c1-8(15)14-12(13(16)17)11-7-6-9-4-2-3-5-10(9)11/h2-5,11-12H,6-7H2,1H3,(H,14,15)(H,16,17). The Morgan fingerprint density at radius 1 is 1.41 bits per heavy atom. The molecule has 1 aromatic rings. The lowest BCUT2D eigenvalue weighted by molar-refractivity contribution is -0.142. The van der Waals surface area contributed by atoms with Gasteiger partial charge in [-0.2, -0.15) is 0 Å². The van der Waals surface area contributed by atoms with Crippen molar-refractivity contribution in [1.82, 2.24) is 5.32 Å². The monoisotopic (exact) mass is 233 g/mol. The first-order valence-electron chi connectivity index (χ1n) is 5.67. The normalized spacial score (nSPS) is 19.5. The minimum atomic E-state index is -0.970. The van der Waals surface area contributed by atoms with Gasteiger partial charge in [-0.25, -0.2) is 4.79 Å². The molecule has 0 heterocycles. The molecular formula is C13H15NO3. The summed E-state index contributed by atoms with van der Waals surface area (Å²) in [4.78, 5) is 22.3. The summed E-state index contributed by atoms with van der Waals surface area (Å²) in [6.07, 6.45) is 1.65. The minimum absolute atomic E-state index is 0.118. The van der Waals surface area contributed by atoms with E-state index in [1.165, 1.54) is 12.5 Å². The number of nitrogens with one attached hydrogen (secondary N) is 1. The summed E-state index contributed by atoms with van der Waals surface area (Å²) < 4.78 is 0. The fraction of sp³-hybridized carbons (Fsp3) is 0.385. The van der Waals surface area contributed by atoms with Gasteiger partial charge in [-0.3, -0.25) is 4.79 Å². The van der Waals surface area contributed by atoms with Crippen molar-refractivity contribution >= 4 is 11.9 Å². The first-order chi connectivity index (χ1) is 8.09. The van der Waals surface area contributed by atoms with E-state index in [9.17, 15) is 14.7 Å². The number of carboxylic acid groups (broad SMARTS) is 1. The van der Waals surface area contributed by atoms with Gasteiger partial charge in [0.05, 0.1) is 0 Å². The summed E-state index contributed by atoms with van der Waals surface area (Å²) in [6, 6.07) is 7.00. The Bertz CT molecular complexity index is 456. The zero-order valence-electron chi connectivity index (χ0n) is 9.64. The maximum Gasteiger partial charge on any atom is 0.326 e. The van der Waals surface area contributed by atoms with Crippen LogP contribution in [0.2, 0.25) is 0 Å². The number of carbonyl (C=O) groups is 2. The Kier molecular flexibility index (Phi) is 3.13. The van der Waals surface area contributed by atoms with Crippen molar-refractivity contribution in [3.8, 4) is 0 Å². The molecule has 0 aromatic heterocycles. The summed E-state index contributed by atoms with van der Waals surface area (Å²) in [5.41, 5.74) is 2.24. The molecule has 0 bridgehead atoms. The maximum absolute atomic E-state index is 11.2. The molecule has 0 fully saturated rings. The Morgan fingerprint density at radius 3 is 2.76 bits per heavy atom. The maximum atomic E-state index is 11.2. The SMILES string of the molecule is CC(=O)NC(C(=O)O)C1CCc2ccccc21. The van der Waals surface area contributed by atoms with E-state index >= 15 is 0 Å². The summed E-state index contributed by atoms with van der Waals surface area (Å²) in [5.74, 6) is -1.39. The van der Waals surface area contributed by atoms with Gasteiger partial charge >= 0.3 is 5.97 Å². The van der Waals surface area contributed by atoms with Gasteiger partial charge in [0.15, 0.2) is 0 Å². The highest BCUT2D eigenvalue weighted by Crippen LogP contribution is 2.35. The molecule has 4 heteroatoms. The predicted molar refractivity (Wildman–Crippen MR) is 62.7 cm³/mol. The average Bonchev–Trinajstić information content (AvgIpc) is 2.69. The fourth-order valence-corrected chi connectivity index (χ4v) is 2.49. The van der Waals surface area contributed by atoms with E-state index < -0.39 is 12.0 Å². The predicted octanol–water partition coefficient (Wildman–Crippen LogP) is 1.31. The molecule has 2 atom stereocenters. The molecule has 4 nitrogen and oxygen atoms in total. The smallest absolute Gasteiger partial charge is 0.326 e. The molecule has 1 aliphatic carbocycles. The molecule has 17 heavy (non-hydrogen) atoms. The van der Waals surface area contributed by atoms with Gasteiger partial charge < -0.3 is 10.4 Å². The van der Waals surface area contributed by atoms with Gasteiger partial charge in [0.1, 0.15) is 6.04 Å². The van der Waals surface area contributed by atoms with Crippen LogP contribution in [0.4, 0.5) is 0 Å². The zero-order chi connectivity index (χ0) is 12.4. The molecule has 2 unspecified atom stereocenters. The van der Waals surface area contributed by atoms with E-state index in [4.69, 9.17) is 0 Å². The van der Waals surface area contributed by atoms with E-state index in [0.29, 0.717) is 0 Å². The van der Waals surface area contributed by atoms with Crippen molar-refractivity contribution < 1.29 is 14.7 Å². The van der Waals surface area contributed by atoms with E-state index in [1.54, 1.807) is 0 Å². The number of aliphatic carboxylic acids is 1. The number of rotatable bonds is 3. The van der Waals surface area contributed by atoms with Crippen LogP contribution < -0.4 is 5.32 Å². The largest absolute Gasteiger partial charge is 0.480 e. The minimum Gasteiger partial charge on any atom is -0.480 e. The van der Waals surface area contributed by atoms with Gasteiger partial charge in [0.25, 0.3) is 0 Å². The zero-order valence-corrected chi connectivity index (χ0v) is 9.64. The summed E-state index contributed by atoms with van der Waals surface area (Å²) in [5, 5.41) is 11.7. The third kappa shape index (κ3) is 2.30. The molecule has 2 N–H and O–H groups in total. The highest BCUT2D eigenvalue weighted by Gasteiger charge is 2.34. The fourth-order valence-electron chi connectivity index (χ4n) is 2.49. The van der Waals surface area contributed by atoms with Gasteiger partial charge in [0.2, 0.25) is 5.91 Å². The lowest BCUT2D eigenvalue weighted by atomic mass is 9.93. The molecule has 2 rings (SSSR count). The molecule has 0 saturated carbocycles. The van der Waals surface area contributed by atoms with Crippen LogP contribution in [0, 0.1) is 0 Å². The van der Waals surface area contributed by atoms with E-state index in [-0.39, 0.29) is 11.8 Å². The van der Waals surface area contributed by atoms with Crippen molar-refractivity contribution in [2.75, 3.05) is 0 Å². The van der Waals surface area contributed by atoms with Crippen LogP contribution in [0.15, 0.2) is 24.3 Å². The van der Waals surface area contributed by atoms with Gasteiger partial charge in [-0.15, -0.1) is 0 Å². The van der Waals surface area contributed by atoms with Crippen LogP contribution in [0.3, 0.4) is 0 Å². The highest BCUT2D eigenvalue weighted by atomic mass is 16.4. The molecular weight excluding hydrogens is 218 g/mol. The number of benzene rings is 1. The molecule has 0 aliphatic heterocycles. The van der Waals surface area contributed by atoms with E-state index in [1.807, 2.05) is 24.3 Å². The summed E-state index contributed by atoms with van der Waals surface area (Å²) >= 11 is 0. The lowest BCUT2D eigenvalue weighted by Gasteiger charge is -2.21. The molecule has 90 valence electrons. The van der Waals surface area contributed by atoms with Crippen LogP contribution in [-0.2, 0) is 16.0 Å². The van der Waals surface area contributed by atoms with Crippen LogP contribution in [0.5, 0.6) is 0 Å². The highest BCUT2D eigenvalue weighted by molar-refractivity contribution is 5.83. The average molecular weight is 233 g/mol. The second-order valence-corrected chi connectivity index (χ2v) is 4.36.